The zero-order chi connectivity index (χ0) is 11.9. The number of nitrogens with one attached hydrogen (secondary N) is 1. The summed E-state index contributed by atoms with van der Waals surface area (Å²) in [6.45, 7) is 2.23. The van der Waals surface area contributed by atoms with E-state index in [1.165, 1.54) is 24.8 Å². The lowest BCUT2D eigenvalue weighted by molar-refractivity contribution is 0.795. The van der Waals surface area contributed by atoms with Crippen LogP contribution in [0.25, 0.3) is 0 Å². The fraction of sp³-hybridized carbons (Fsp3) is 0.250. The quantitative estimate of drug-likeness (QED) is 0.849. The molecule has 2 rings (SSSR count). The van der Waals surface area contributed by atoms with E-state index >= 15 is 0 Å². The van der Waals surface area contributed by atoms with Crippen molar-refractivity contribution in [3.8, 4) is 0 Å². The van der Waals surface area contributed by atoms with Crippen LogP contribution < -0.4 is 5.32 Å². The molecule has 0 aliphatic carbocycles. The third-order valence-corrected chi connectivity index (χ3v) is 2.84. The lowest BCUT2D eigenvalue weighted by atomic mass is 10.1. The Labute approximate surface area is 109 Å². The standard InChI is InChI=1S/C16H19N.H2O/c1-2-3-7-14-10-12-16(13-11-14)17-15-8-5-4-6-9-15;/h4-6,8-13,17H,2-3,7H2,1H3;1H2. The molecule has 2 heteroatoms. The molecule has 0 bridgehead atoms. The van der Waals surface area contributed by atoms with E-state index in [9.17, 15) is 0 Å². The number of unbranched alkanes of at least 4 members (excludes halogenated alkanes) is 1. The number of aryl methyl sites for hydroxylation is 1. The van der Waals surface area contributed by atoms with Gasteiger partial charge in [-0.05, 0) is 42.7 Å². The molecule has 18 heavy (non-hydrogen) atoms. The van der Waals surface area contributed by atoms with Crippen molar-refractivity contribution < 1.29 is 5.48 Å². The summed E-state index contributed by atoms with van der Waals surface area (Å²) in [4.78, 5) is 0. The SMILES string of the molecule is CCCCc1ccc(Nc2ccccc2)cc1.O. The molecule has 0 heterocycles. The van der Waals surface area contributed by atoms with Crippen LogP contribution in [0.3, 0.4) is 0 Å². The van der Waals surface area contributed by atoms with Gasteiger partial charge in [0.25, 0.3) is 0 Å². The van der Waals surface area contributed by atoms with Crippen LogP contribution in [0.4, 0.5) is 11.4 Å². The van der Waals surface area contributed by atoms with Crippen molar-refractivity contribution in [2.45, 2.75) is 26.2 Å². The van der Waals surface area contributed by atoms with E-state index in [4.69, 9.17) is 0 Å². The Hall–Kier alpha value is -1.80. The number of para-hydroxylation sites is 1. The van der Waals surface area contributed by atoms with E-state index in [1.54, 1.807) is 0 Å². The van der Waals surface area contributed by atoms with Gasteiger partial charge in [-0.2, -0.15) is 0 Å². The van der Waals surface area contributed by atoms with Crippen molar-refractivity contribution in [1.82, 2.24) is 0 Å². The first kappa shape index (κ1) is 14.3. The fourth-order valence-electron chi connectivity index (χ4n) is 1.82. The highest BCUT2D eigenvalue weighted by Gasteiger charge is 1.95. The van der Waals surface area contributed by atoms with Crippen LogP contribution in [-0.2, 0) is 6.42 Å². The van der Waals surface area contributed by atoms with Crippen molar-refractivity contribution >= 4 is 11.4 Å². The van der Waals surface area contributed by atoms with Gasteiger partial charge >= 0.3 is 0 Å². The van der Waals surface area contributed by atoms with Crippen LogP contribution in [0.15, 0.2) is 54.6 Å². The molecule has 0 radical (unpaired) electrons. The Kier molecular flexibility index (Phi) is 5.95. The number of hydrogen-bond donors (Lipinski definition) is 1. The van der Waals surface area contributed by atoms with Gasteiger partial charge in [-0.3, -0.25) is 0 Å². The molecule has 0 unspecified atom stereocenters. The van der Waals surface area contributed by atoms with Crippen LogP contribution in [0.2, 0.25) is 0 Å². The Morgan fingerprint density at radius 2 is 1.44 bits per heavy atom. The monoisotopic (exact) mass is 243 g/mol. The van der Waals surface area contributed by atoms with Gasteiger partial charge in [0.05, 0.1) is 0 Å². The molecular formula is C16H21NO. The first-order chi connectivity index (χ1) is 8.38. The van der Waals surface area contributed by atoms with Crippen LogP contribution in [0, 0.1) is 0 Å². The number of rotatable bonds is 5. The Balaban J connectivity index is 0.00000162. The minimum absolute atomic E-state index is 0. The molecule has 3 N–H and O–H groups in total. The minimum atomic E-state index is 0. The van der Waals surface area contributed by atoms with Gasteiger partial charge in [0, 0.05) is 11.4 Å². The molecule has 96 valence electrons. The normalized spacial score (nSPS) is 9.61. The molecule has 2 aromatic carbocycles. The maximum atomic E-state index is 3.39. The lowest BCUT2D eigenvalue weighted by Crippen LogP contribution is -1.90. The summed E-state index contributed by atoms with van der Waals surface area (Å²) in [5.74, 6) is 0. The Morgan fingerprint density at radius 1 is 0.833 bits per heavy atom. The third-order valence-electron chi connectivity index (χ3n) is 2.84. The van der Waals surface area contributed by atoms with Crippen LogP contribution >= 0.6 is 0 Å². The zero-order valence-electron chi connectivity index (χ0n) is 10.8. The summed E-state index contributed by atoms with van der Waals surface area (Å²) in [6, 6.07) is 19.0. The summed E-state index contributed by atoms with van der Waals surface area (Å²) in [6.07, 6.45) is 3.71. The van der Waals surface area contributed by atoms with Gasteiger partial charge in [-0.25, -0.2) is 0 Å². The molecule has 2 nitrogen and oxygen atoms in total. The van der Waals surface area contributed by atoms with Crippen molar-refractivity contribution in [1.29, 1.82) is 0 Å². The van der Waals surface area contributed by atoms with Crippen molar-refractivity contribution in [2.24, 2.45) is 0 Å². The Bertz CT molecular complexity index is 436. The highest BCUT2D eigenvalue weighted by molar-refractivity contribution is 5.59. The van der Waals surface area contributed by atoms with E-state index in [-0.39, 0.29) is 5.48 Å². The van der Waals surface area contributed by atoms with Crippen LogP contribution in [-0.4, -0.2) is 5.48 Å². The summed E-state index contributed by atoms with van der Waals surface area (Å²) in [5.41, 5.74) is 3.70. The predicted octanol–water partition coefficient (Wildman–Crippen LogP) is 3.95. The van der Waals surface area contributed by atoms with Gasteiger partial charge in [-0.1, -0.05) is 43.7 Å². The van der Waals surface area contributed by atoms with Crippen LogP contribution in [0.1, 0.15) is 25.3 Å². The summed E-state index contributed by atoms with van der Waals surface area (Å²) in [5, 5.41) is 3.39. The van der Waals surface area contributed by atoms with E-state index in [2.05, 4.69) is 48.6 Å². The molecule has 2 aromatic rings. The number of benzene rings is 2. The van der Waals surface area contributed by atoms with E-state index in [1.807, 2.05) is 18.2 Å². The summed E-state index contributed by atoms with van der Waals surface area (Å²) >= 11 is 0. The molecule has 0 fully saturated rings. The third kappa shape index (κ3) is 4.22. The molecule has 0 aliphatic heterocycles. The largest absolute Gasteiger partial charge is 0.412 e. The van der Waals surface area contributed by atoms with Gasteiger partial charge < -0.3 is 10.8 Å². The molecule has 0 amide bonds. The molecule has 0 spiro atoms. The molecule has 0 saturated heterocycles. The first-order valence-corrected chi connectivity index (χ1v) is 6.29. The predicted molar refractivity (Wildman–Crippen MR) is 78.4 cm³/mol. The van der Waals surface area contributed by atoms with Crippen molar-refractivity contribution in [2.75, 3.05) is 5.32 Å². The Morgan fingerprint density at radius 3 is 2.06 bits per heavy atom. The minimum Gasteiger partial charge on any atom is -0.412 e. The maximum Gasteiger partial charge on any atom is 0.0384 e. The number of anilines is 2. The molecular weight excluding hydrogens is 222 g/mol. The topological polar surface area (TPSA) is 43.5 Å². The van der Waals surface area contributed by atoms with E-state index in [0.29, 0.717) is 0 Å². The number of hydrogen-bond acceptors (Lipinski definition) is 1. The maximum absolute atomic E-state index is 3.39. The average molecular weight is 243 g/mol. The highest BCUT2D eigenvalue weighted by Crippen LogP contribution is 2.17. The molecule has 0 aromatic heterocycles. The second-order valence-electron chi connectivity index (χ2n) is 4.29. The molecule has 0 saturated carbocycles. The average Bonchev–Trinajstić information content (AvgIpc) is 2.39. The zero-order valence-corrected chi connectivity index (χ0v) is 10.8. The second-order valence-corrected chi connectivity index (χ2v) is 4.29. The second kappa shape index (κ2) is 7.51. The fourth-order valence-corrected chi connectivity index (χ4v) is 1.82. The van der Waals surface area contributed by atoms with E-state index < -0.39 is 0 Å². The van der Waals surface area contributed by atoms with Gasteiger partial charge in [0.1, 0.15) is 0 Å². The lowest BCUT2D eigenvalue weighted by Gasteiger charge is -2.07. The van der Waals surface area contributed by atoms with Gasteiger partial charge in [-0.15, -0.1) is 0 Å². The molecule has 0 atom stereocenters. The summed E-state index contributed by atoms with van der Waals surface area (Å²) in [7, 11) is 0. The van der Waals surface area contributed by atoms with Crippen LogP contribution in [0.5, 0.6) is 0 Å². The smallest absolute Gasteiger partial charge is 0.0384 e. The van der Waals surface area contributed by atoms with Crippen molar-refractivity contribution in [3.63, 3.8) is 0 Å². The first-order valence-electron chi connectivity index (χ1n) is 6.29. The van der Waals surface area contributed by atoms with Gasteiger partial charge in [0.2, 0.25) is 0 Å². The van der Waals surface area contributed by atoms with E-state index in [0.717, 1.165) is 11.4 Å². The highest BCUT2D eigenvalue weighted by atomic mass is 16.0. The summed E-state index contributed by atoms with van der Waals surface area (Å²) < 4.78 is 0. The van der Waals surface area contributed by atoms with Crippen molar-refractivity contribution in [3.05, 3.63) is 60.2 Å². The van der Waals surface area contributed by atoms with Gasteiger partial charge in [0.15, 0.2) is 0 Å². The molecule has 0 aliphatic rings.